The molecule has 0 saturated carbocycles. The Labute approximate surface area is 191 Å². The van der Waals surface area contributed by atoms with Crippen molar-refractivity contribution in [2.24, 2.45) is 0 Å². The van der Waals surface area contributed by atoms with Crippen LogP contribution in [0.5, 0.6) is 5.75 Å². The number of phenolic OH excluding ortho intramolecular Hbond substituents is 1. The van der Waals surface area contributed by atoms with E-state index in [1.807, 2.05) is 0 Å². The summed E-state index contributed by atoms with van der Waals surface area (Å²) in [6, 6.07) is 17.2. The molecule has 0 spiro atoms. The Morgan fingerprint density at radius 2 is 1.59 bits per heavy atom. The molecule has 9 nitrogen and oxygen atoms in total. The molecule has 0 saturated heterocycles. The van der Waals surface area contributed by atoms with Crippen LogP contribution in [0, 0.1) is 10.1 Å². The van der Waals surface area contributed by atoms with Crippen molar-refractivity contribution in [2.45, 2.75) is 0 Å². The summed E-state index contributed by atoms with van der Waals surface area (Å²) in [5, 5.41) is 32.2. The number of amides is 2. The lowest BCUT2D eigenvalue weighted by Gasteiger charge is -2.28. The van der Waals surface area contributed by atoms with Crippen LogP contribution in [-0.4, -0.2) is 32.9 Å². The SMILES string of the molecule is O=C(O)c1cccc(-c2c([N+](=O)[O-])cc3c4c(cccc24)C(=O)N(c2ccccc2O)C3=O)c1. The van der Waals surface area contributed by atoms with Crippen LogP contribution in [0.4, 0.5) is 11.4 Å². The highest BCUT2D eigenvalue weighted by molar-refractivity contribution is 6.37. The first-order chi connectivity index (χ1) is 16.3. The zero-order valence-corrected chi connectivity index (χ0v) is 17.3. The van der Waals surface area contributed by atoms with E-state index in [4.69, 9.17) is 0 Å². The van der Waals surface area contributed by atoms with Crippen molar-refractivity contribution in [1.82, 2.24) is 0 Å². The van der Waals surface area contributed by atoms with Gasteiger partial charge in [-0.1, -0.05) is 36.4 Å². The maximum absolute atomic E-state index is 13.4. The summed E-state index contributed by atoms with van der Waals surface area (Å²) < 4.78 is 0. The molecule has 0 bridgehead atoms. The van der Waals surface area contributed by atoms with Gasteiger partial charge in [-0.15, -0.1) is 0 Å². The summed E-state index contributed by atoms with van der Waals surface area (Å²) in [4.78, 5) is 50.5. The number of rotatable bonds is 4. The van der Waals surface area contributed by atoms with Gasteiger partial charge in [-0.25, -0.2) is 9.69 Å². The van der Waals surface area contributed by atoms with E-state index in [1.165, 1.54) is 54.6 Å². The minimum Gasteiger partial charge on any atom is -0.506 e. The van der Waals surface area contributed by atoms with Crippen LogP contribution < -0.4 is 4.90 Å². The maximum atomic E-state index is 13.4. The molecule has 4 aromatic rings. The lowest BCUT2D eigenvalue weighted by atomic mass is 9.87. The van der Waals surface area contributed by atoms with E-state index >= 15 is 0 Å². The van der Waals surface area contributed by atoms with Crippen molar-refractivity contribution in [3.05, 3.63) is 99.6 Å². The number of carbonyl (C=O) groups is 3. The van der Waals surface area contributed by atoms with Crippen molar-refractivity contribution in [2.75, 3.05) is 4.90 Å². The molecule has 0 atom stereocenters. The third-order valence-electron chi connectivity index (χ3n) is 5.72. The molecule has 0 aliphatic carbocycles. The van der Waals surface area contributed by atoms with Gasteiger partial charge in [0.05, 0.1) is 27.3 Å². The van der Waals surface area contributed by atoms with Crippen LogP contribution in [0.15, 0.2) is 72.8 Å². The summed E-state index contributed by atoms with van der Waals surface area (Å²) >= 11 is 0. The number of para-hydroxylation sites is 2. The van der Waals surface area contributed by atoms with E-state index in [-0.39, 0.29) is 50.0 Å². The molecular weight excluding hydrogens is 440 g/mol. The number of nitro groups is 1. The zero-order valence-electron chi connectivity index (χ0n) is 17.3. The first kappa shape index (κ1) is 20.8. The smallest absolute Gasteiger partial charge is 0.335 e. The van der Waals surface area contributed by atoms with Gasteiger partial charge in [0, 0.05) is 17.0 Å². The van der Waals surface area contributed by atoms with Crippen molar-refractivity contribution in [3.63, 3.8) is 0 Å². The van der Waals surface area contributed by atoms with Gasteiger partial charge in [0.2, 0.25) is 0 Å². The molecule has 0 fully saturated rings. The summed E-state index contributed by atoms with van der Waals surface area (Å²) in [6.07, 6.45) is 0. The molecule has 0 aromatic heterocycles. The molecule has 0 radical (unpaired) electrons. The second-order valence-electron chi connectivity index (χ2n) is 7.62. The first-order valence-electron chi connectivity index (χ1n) is 10.0. The van der Waals surface area contributed by atoms with Gasteiger partial charge >= 0.3 is 5.97 Å². The van der Waals surface area contributed by atoms with E-state index < -0.39 is 28.4 Å². The first-order valence-corrected chi connectivity index (χ1v) is 10.0. The third kappa shape index (κ3) is 2.99. The molecule has 0 unspecified atom stereocenters. The largest absolute Gasteiger partial charge is 0.506 e. The van der Waals surface area contributed by atoms with Gasteiger partial charge in [0.1, 0.15) is 5.75 Å². The summed E-state index contributed by atoms with van der Waals surface area (Å²) in [7, 11) is 0. The lowest BCUT2D eigenvalue weighted by molar-refractivity contribution is -0.384. The van der Waals surface area contributed by atoms with Crippen molar-refractivity contribution in [3.8, 4) is 16.9 Å². The number of nitro benzene ring substituents is 1. The van der Waals surface area contributed by atoms with E-state index in [9.17, 15) is 34.7 Å². The number of phenols is 1. The maximum Gasteiger partial charge on any atom is 0.335 e. The summed E-state index contributed by atoms with van der Waals surface area (Å²) in [5.74, 6) is -3.00. The molecule has 1 heterocycles. The Hall–Kier alpha value is -5.05. The number of aromatic hydroxyl groups is 1. The van der Waals surface area contributed by atoms with E-state index in [0.29, 0.717) is 0 Å². The Morgan fingerprint density at radius 1 is 0.882 bits per heavy atom. The Balaban J connectivity index is 1.85. The highest BCUT2D eigenvalue weighted by atomic mass is 16.6. The summed E-state index contributed by atoms with van der Waals surface area (Å²) in [6.45, 7) is 0. The standard InChI is InChI=1S/C25H14N2O7/c28-20-10-2-1-9-18(20)26-23(29)16-8-4-7-15-21(13-5-3-6-14(11-13)25(31)32)19(27(33)34)12-17(22(15)16)24(26)30/h1-12,28H,(H,31,32). The number of benzene rings is 4. The van der Waals surface area contributed by atoms with E-state index in [2.05, 4.69) is 0 Å². The highest BCUT2D eigenvalue weighted by Gasteiger charge is 2.38. The lowest BCUT2D eigenvalue weighted by Crippen LogP contribution is -2.40. The molecule has 34 heavy (non-hydrogen) atoms. The van der Waals surface area contributed by atoms with E-state index in [1.54, 1.807) is 12.1 Å². The van der Waals surface area contributed by atoms with Gasteiger partial charge in [-0.2, -0.15) is 0 Å². The van der Waals surface area contributed by atoms with Gasteiger partial charge in [0.25, 0.3) is 17.5 Å². The van der Waals surface area contributed by atoms with Gasteiger partial charge in [-0.3, -0.25) is 19.7 Å². The average molecular weight is 454 g/mol. The molecule has 5 rings (SSSR count). The average Bonchev–Trinajstić information content (AvgIpc) is 2.83. The Bertz CT molecular complexity index is 1580. The summed E-state index contributed by atoms with van der Waals surface area (Å²) in [5.41, 5.74) is -0.101. The van der Waals surface area contributed by atoms with Crippen LogP contribution in [0.1, 0.15) is 31.1 Å². The molecule has 2 N–H and O–H groups in total. The van der Waals surface area contributed by atoms with Gasteiger partial charge < -0.3 is 10.2 Å². The van der Waals surface area contributed by atoms with Crippen LogP contribution >= 0.6 is 0 Å². The Kier molecular flexibility index (Phi) is 4.61. The van der Waals surface area contributed by atoms with Crippen molar-refractivity contribution in [1.29, 1.82) is 0 Å². The van der Waals surface area contributed by atoms with Crippen molar-refractivity contribution >= 4 is 39.9 Å². The molecule has 4 aromatic carbocycles. The number of hydrogen-bond acceptors (Lipinski definition) is 6. The molecule has 9 heteroatoms. The number of carboxylic acid groups (broad SMARTS) is 1. The fraction of sp³-hybridized carbons (Fsp3) is 0. The third-order valence-corrected chi connectivity index (χ3v) is 5.72. The second kappa shape index (κ2) is 7.52. The fourth-order valence-corrected chi connectivity index (χ4v) is 4.28. The van der Waals surface area contributed by atoms with Crippen LogP contribution in [0.25, 0.3) is 21.9 Å². The Morgan fingerprint density at radius 3 is 2.29 bits per heavy atom. The van der Waals surface area contributed by atoms with Gasteiger partial charge in [0.15, 0.2) is 0 Å². The predicted octanol–water partition coefficient (Wildman–Crippen LogP) is 4.62. The molecule has 1 aliphatic rings. The highest BCUT2D eigenvalue weighted by Crippen LogP contribution is 2.44. The molecule has 166 valence electrons. The minimum atomic E-state index is -1.20. The minimum absolute atomic E-state index is 0.0407. The predicted molar refractivity (Wildman–Crippen MR) is 122 cm³/mol. The molecule has 1 aliphatic heterocycles. The second-order valence-corrected chi connectivity index (χ2v) is 7.62. The number of aromatic carboxylic acids is 1. The quantitative estimate of drug-likeness (QED) is 0.261. The van der Waals surface area contributed by atoms with Crippen LogP contribution in [-0.2, 0) is 0 Å². The normalized spacial score (nSPS) is 12.8. The monoisotopic (exact) mass is 454 g/mol. The van der Waals surface area contributed by atoms with Crippen molar-refractivity contribution < 1.29 is 29.5 Å². The zero-order chi connectivity index (χ0) is 24.1. The number of carboxylic acids is 1. The fourth-order valence-electron chi connectivity index (χ4n) is 4.28. The van der Waals surface area contributed by atoms with Gasteiger partial charge in [-0.05, 0) is 41.3 Å². The molecule has 2 amide bonds. The number of hydrogen-bond donors (Lipinski definition) is 2. The number of imide groups is 1. The molecular formula is C25H14N2O7. The number of anilines is 1. The van der Waals surface area contributed by atoms with Crippen LogP contribution in [0.2, 0.25) is 0 Å². The number of nitrogens with zero attached hydrogens (tertiary/aromatic N) is 2. The van der Waals surface area contributed by atoms with Crippen LogP contribution in [0.3, 0.4) is 0 Å². The topological polar surface area (TPSA) is 138 Å². The number of carbonyl (C=O) groups excluding carboxylic acids is 2. The van der Waals surface area contributed by atoms with E-state index in [0.717, 1.165) is 11.0 Å².